The van der Waals surface area contributed by atoms with Crippen LogP contribution in [-0.2, 0) is 9.53 Å². The molecule has 7 heteroatoms. The molecule has 146 valence electrons. The number of hydrogen-bond acceptors (Lipinski definition) is 5. The first-order chi connectivity index (χ1) is 12.9. The Labute approximate surface area is 163 Å². The van der Waals surface area contributed by atoms with Crippen LogP contribution in [0.25, 0.3) is 10.1 Å². The molecule has 1 aromatic carbocycles. The van der Waals surface area contributed by atoms with E-state index in [2.05, 4.69) is 5.32 Å². The van der Waals surface area contributed by atoms with Gasteiger partial charge in [0.1, 0.15) is 5.60 Å². The van der Waals surface area contributed by atoms with Gasteiger partial charge >= 0.3 is 0 Å². The number of nitrogens with zero attached hydrogens (tertiary/aromatic N) is 1. The fourth-order valence-corrected chi connectivity index (χ4v) is 4.74. The fraction of sp³-hybridized carbons (Fsp3) is 0.500. The number of likely N-dealkylation sites (tertiary alicyclic amines) is 1. The molecule has 1 aliphatic heterocycles. The van der Waals surface area contributed by atoms with Crippen LogP contribution in [0.5, 0.6) is 0 Å². The lowest BCUT2D eigenvalue weighted by Gasteiger charge is -2.28. The normalized spacial score (nSPS) is 17.5. The lowest BCUT2D eigenvalue weighted by atomic mass is 9.95. The van der Waals surface area contributed by atoms with E-state index >= 15 is 0 Å². The van der Waals surface area contributed by atoms with Crippen molar-refractivity contribution in [3.8, 4) is 0 Å². The summed E-state index contributed by atoms with van der Waals surface area (Å²) in [4.78, 5) is 27.9. The zero-order valence-electron chi connectivity index (χ0n) is 15.9. The van der Waals surface area contributed by atoms with Gasteiger partial charge in [0.25, 0.3) is 11.8 Å². The van der Waals surface area contributed by atoms with Crippen molar-refractivity contribution in [1.82, 2.24) is 10.2 Å². The Kier molecular flexibility index (Phi) is 5.83. The molecule has 0 spiro atoms. The summed E-state index contributed by atoms with van der Waals surface area (Å²) in [5.41, 5.74) is 0.156. The number of thiophene rings is 1. The lowest BCUT2D eigenvalue weighted by Crippen LogP contribution is -2.45. The standard InChI is InChI=1S/C20H26N2O4S/c1-20(2,26-3)19(25)22-10-8-13(12-22)16-14-6-4-5-7-15(14)27-17(16)18(24)21-9-11-23/h4-7,13,23H,8-12H2,1-3H3,(H,21,24)/t13-/m1/s1. The predicted molar refractivity (Wildman–Crippen MR) is 106 cm³/mol. The molecule has 27 heavy (non-hydrogen) atoms. The van der Waals surface area contributed by atoms with E-state index in [9.17, 15) is 9.59 Å². The molecule has 1 aromatic heterocycles. The summed E-state index contributed by atoms with van der Waals surface area (Å²) < 4.78 is 6.40. The van der Waals surface area contributed by atoms with E-state index in [1.165, 1.54) is 11.3 Å². The highest BCUT2D eigenvalue weighted by molar-refractivity contribution is 7.21. The SMILES string of the molecule is COC(C)(C)C(=O)N1CC[C@@H](c2c(C(=O)NCCO)sc3ccccc23)C1. The second kappa shape index (κ2) is 7.96. The third-order valence-corrected chi connectivity index (χ3v) is 6.33. The van der Waals surface area contributed by atoms with Crippen LogP contribution in [0.1, 0.15) is 41.4 Å². The molecule has 2 aromatic rings. The Morgan fingerprint density at radius 1 is 1.37 bits per heavy atom. The third kappa shape index (κ3) is 3.85. The van der Waals surface area contributed by atoms with E-state index < -0.39 is 5.60 Å². The molecule has 0 unspecified atom stereocenters. The maximum Gasteiger partial charge on any atom is 0.261 e. The molecular formula is C20H26N2O4S. The van der Waals surface area contributed by atoms with E-state index in [-0.39, 0.29) is 30.9 Å². The molecule has 2 heterocycles. The van der Waals surface area contributed by atoms with Gasteiger partial charge in [0, 0.05) is 37.4 Å². The minimum atomic E-state index is -0.854. The minimum absolute atomic E-state index is 0.0293. The zero-order valence-corrected chi connectivity index (χ0v) is 16.8. The summed E-state index contributed by atoms with van der Waals surface area (Å²) in [6.07, 6.45) is 0.812. The molecular weight excluding hydrogens is 364 g/mol. The topological polar surface area (TPSA) is 78.9 Å². The molecule has 1 saturated heterocycles. The van der Waals surface area contributed by atoms with Crippen molar-refractivity contribution in [2.45, 2.75) is 31.8 Å². The van der Waals surface area contributed by atoms with Crippen molar-refractivity contribution in [1.29, 1.82) is 0 Å². The van der Waals surface area contributed by atoms with Crippen LogP contribution in [0, 0.1) is 0 Å². The Morgan fingerprint density at radius 2 is 2.11 bits per heavy atom. The lowest BCUT2D eigenvalue weighted by molar-refractivity contribution is -0.149. The van der Waals surface area contributed by atoms with Crippen molar-refractivity contribution in [3.05, 3.63) is 34.7 Å². The molecule has 0 radical (unpaired) electrons. The van der Waals surface area contributed by atoms with Gasteiger partial charge in [-0.05, 0) is 37.3 Å². The van der Waals surface area contributed by atoms with E-state index in [4.69, 9.17) is 9.84 Å². The van der Waals surface area contributed by atoms with Gasteiger partial charge in [0.15, 0.2) is 0 Å². The number of aliphatic hydroxyl groups excluding tert-OH is 1. The maximum atomic E-state index is 12.7. The third-order valence-electron chi connectivity index (χ3n) is 5.15. The minimum Gasteiger partial charge on any atom is -0.395 e. The molecule has 1 fully saturated rings. The molecule has 0 aliphatic carbocycles. The van der Waals surface area contributed by atoms with Gasteiger partial charge in [0.05, 0.1) is 11.5 Å². The van der Waals surface area contributed by atoms with Crippen molar-refractivity contribution in [2.24, 2.45) is 0 Å². The average Bonchev–Trinajstić information content (AvgIpc) is 3.29. The van der Waals surface area contributed by atoms with Gasteiger partial charge in [0.2, 0.25) is 0 Å². The number of carbonyl (C=O) groups is 2. The van der Waals surface area contributed by atoms with Crippen LogP contribution in [0.4, 0.5) is 0 Å². The Balaban J connectivity index is 1.92. The predicted octanol–water partition coefficient (Wildman–Crippen LogP) is 2.36. The van der Waals surface area contributed by atoms with Crippen LogP contribution < -0.4 is 5.32 Å². The summed E-state index contributed by atoms with van der Waals surface area (Å²) in [5, 5.41) is 12.8. The number of hydrogen-bond donors (Lipinski definition) is 2. The highest BCUT2D eigenvalue weighted by Gasteiger charge is 2.38. The fourth-order valence-electron chi connectivity index (χ4n) is 3.54. The largest absolute Gasteiger partial charge is 0.395 e. The molecule has 1 aliphatic rings. The van der Waals surface area contributed by atoms with Gasteiger partial charge in [-0.15, -0.1) is 11.3 Å². The molecule has 3 rings (SSSR count). The van der Waals surface area contributed by atoms with E-state index in [0.29, 0.717) is 18.0 Å². The molecule has 0 bridgehead atoms. The first-order valence-electron chi connectivity index (χ1n) is 9.14. The number of methoxy groups -OCH3 is 1. The molecule has 2 amide bonds. The molecule has 6 nitrogen and oxygen atoms in total. The highest BCUT2D eigenvalue weighted by atomic mass is 32.1. The van der Waals surface area contributed by atoms with Crippen molar-refractivity contribution in [2.75, 3.05) is 33.4 Å². The Bertz CT molecular complexity index is 846. The highest BCUT2D eigenvalue weighted by Crippen LogP contribution is 2.40. The van der Waals surface area contributed by atoms with Crippen LogP contribution in [0.3, 0.4) is 0 Å². The summed E-state index contributed by atoms with van der Waals surface area (Å²) >= 11 is 1.47. The van der Waals surface area contributed by atoms with Gasteiger partial charge < -0.3 is 20.1 Å². The summed E-state index contributed by atoms with van der Waals surface area (Å²) in [7, 11) is 1.54. The zero-order chi connectivity index (χ0) is 19.6. The Hall–Kier alpha value is -1.96. The maximum absolute atomic E-state index is 12.7. The van der Waals surface area contributed by atoms with Gasteiger partial charge in [-0.2, -0.15) is 0 Å². The first kappa shape index (κ1) is 19.8. The van der Waals surface area contributed by atoms with Gasteiger partial charge in [-0.3, -0.25) is 9.59 Å². The number of carbonyl (C=O) groups excluding carboxylic acids is 2. The average molecular weight is 391 g/mol. The van der Waals surface area contributed by atoms with E-state index in [0.717, 1.165) is 22.1 Å². The quantitative estimate of drug-likeness (QED) is 0.794. The first-order valence-corrected chi connectivity index (χ1v) is 9.95. The number of rotatable bonds is 6. The van der Waals surface area contributed by atoms with Crippen LogP contribution in [0.2, 0.25) is 0 Å². The van der Waals surface area contributed by atoms with E-state index in [1.807, 2.05) is 29.2 Å². The second-order valence-electron chi connectivity index (χ2n) is 7.27. The summed E-state index contributed by atoms with van der Waals surface area (Å²) in [6, 6.07) is 7.98. The van der Waals surface area contributed by atoms with Crippen LogP contribution in [0.15, 0.2) is 24.3 Å². The van der Waals surface area contributed by atoms with Crippen molar-refractivity contribution < 1.29 is 19.4 Å². The number of nitrogens with one attached hydrogen (secondary N) is 1. The number of ether oxygens (including phenoxy) is 1. The number of aliphatic hydroxyl groups is 1. The van der Waals surface area contributed by atoms with E-state index in [1.54, 1.807) is 21.0 Å². The monoisotopic (exact) mass is 390 g/mol. The second-order valence-corrected chi connectivity index (χ2v) is 8.32. The van der Waals surface area contributed by atoms with Crippen molar-refractivity contribution >= 4 is 33.2 Å². The smallest absolute Gasteiger partial charge is 0.261 e. The van der Waals surface area contributed by atoms with Gasteiger partial charge in [-0.1, -0.05) is 18.2 Å². The number of fused-ring (bicyclic) bond motifs is 1. The van der Waals surface area contributed by atoms with Crippen molar-refractivity contribution in [3.63, 3.8) is 0 Å². The molecule has 2 N–H and O–H groups in total. The number of benzene rings is 1. The van der Waals surface area contributed by atoms with Crippen LogP contribution in [-0.4, -0.2) is 60.8 Å². The Morgan fingerprint density at radius 3 is 2.81 bits per heavy atom. The summed E-state index contributed by atoms with van der Waals surface area (Å²) in [5.74, 6) is -0.0896. The summed E-state index contributed by atoms with van der Waals surface area (Å²) in [6.45, 7) is 4.91. The van der Waals surface area contributed by atoms with Crippen LogP contribution >= 0.6 is 11.3 Å². The number of amides is 2. The van der Waals surface area contributed by atoms with Gasteiger partial charge in [-0.25, -0.2) is 0 Å². The molecule has 0 saturated carbocycles. The molecule has 1 atom stereocenters.